The van der Waals surface area contributed by atoms with E-state index in [-0.39, 0.29) is 0 Å². The van der Waals surface area contributed by atoms with Crippen LogP contribution < -0.4 is 4.74 Å². The number of allylic oxidation sites excluding steroid dienone is 1. The largest absolute Gasteiger partial charge is 0.493 e. The van der Waals surface area contributed by atoms with Crippen LogP contribution in [0.3, 0.4) is 0 Å². The van der Waals surface area contributed by atoms with Crippen LogP contribution in [0.1, 0.15) is 25.8 Å². The first-order valence-corrected chi connectivity index (χ1v) is 5.19. The molecule has 0 fully saturated rings. The Morgan fingerprint density at radius 2 is 2.07 bits per heavy atom. The van der Waals surface area contributed by atoms with Crippen LogP contribution in [0.15, 0.2) is 29.8 Å². The monoisotopic (exact) mass is 204 g/mol. The molecular formula is C13H16O2. The summed E-state index contributed by atoms with van der Waals surface area (Å²) in [6.45, 7) is 4.54. The standard InChI is InChI=1S/C13H16O2/c1-3-11(10-14)9-12-7-5-6-8-13(12)15-4-2/h5-10H,3-4H2,1-2H3. The van der Waals surface area contributed by atoms with Crippen molar-refractivity contribution in [2.24, 2.45) is 0 Å². The molecule has 80 valence electrons. The van der Waals surface area contributed by atoms with Gasteiger partial charge in [0.05, 0.1) is 6.61 Å². The average Bonchev–Trinajstić information content (AvgIpc) is 2.28. The van der Waals surface area contributed by atoms with Gasteiger partial charge < -0.3 is 4.74 Å². The maximum Gasteiger partial charge on any atom is 0.146 e. The van der Waals surface area contributed by atoms with Gasteiger partial charge in [0, 0.05) is 5.56 Å². The third-order valence-corrected chi connectivity index (χ3v) is 2.12. The molecule has 1 aromatic rings. The van der Waals surface area contributed by atoms with Crippen LogP contribution >= 0.6 is 0 Å². The van der Waals surface area contributed by atoms with Crippen LogP contribution in [0.4, 0.5) is 0 Å². The minimum absolute atomic E-state index is 0.632. The van der Waals surface area contributed by atoms with Crippen molar-refractivity contribution in [2.75, 3.05) is 6.61 Å². The van der Waals surface area contributed by atoms with Gasteiger partial charge in [-0.05, 0) is 31.1 Å². The molecule has 1 rings (SSSR count). The normalized spacial score (nSPS) is 11.2. The van der Waals surface area contributed by atoms with Gasteiger partial charge in [-0.15, -0.1) is 0 Å². The van der Waals surface area contributed by atoms with Crippen LogP contribution in [0, 0.1) is 0 Å². The first kappa shape index (κ1) is 11.5. The third kappa shape index (κ3) is 3.24. The van der Waals surface area contributed by atoms with Crippen molar-refractivity contribution in [1.82, 2.24) is 0 Å². The van der Waals surface area contributed by atoms with Gasteiger partial charge in [0.15, 0.2) is 0 Å². The molecule has 0 N–H and O–H groups in total. The summed E-state index contributed by atoms with van der Waals surface area (Å²) in [5.74, 6) is 0.827. The summed E-state index contributed by atoms with van der Waals surface area (Å²) in [5.41, 5.74) is 1.74. The van der Waals surface area contributed by atoms with E-state index in [1.807, 2.05) is 44.2 Å². The fourth-order valence-electron chi connectivity index (χ4n) is 1.31. The van der Waals surface area contributed by atoms with Gasteiger partial charge in [-0.2, -0.15) is 0 Å². The van der Waals surface area contributed by atoms with Crippen LogP contribution in [-0.4, -0.2) is 12.9 Å². The Hall–Kier alpha value is -1.57. The summed E-state index contributed by atoms with van der Waals surface area (Å²) >= 11 is 0. The quantitative estimate of drug-likeness (QED) is 0.544. The lowest BCUT2D eigenvalue weighted by atomic mass is 10.1. The molecule has 0 bridgehead atoms. The van der Waals surface area contributed by atoms with Gasteiger partial charge >= 0.3 is 0 Å². The second-order valence-corrected chi connectivity index (χ2v) is 3.16. The molecule has 0 heterocycles. The third-order valence-electron chi connectivity index (χ3n) is 2.12. The zero-order valence-electron chi connectivity index (χ0n) is 9.19. The van der Waals surface area contributed by atoms with Crippen molar-refractivity contribution in [1.29, 1.82) is 0 Å². The van der Waals surface area contributed by atoms with Crippen molar-refractivity contribution in [3.63, 3.8) is 0 Å². The van der Waals surface area contributed by atoms with Gasteiger partial charge in [-0.25, -0.2) is 0 Å². The Morgan fingerprint density at radius 1 is 1.33 bits per heavy atom. The number of hydrogen-bond acceptors (Lipinski definition) is 2. The molecule has 1 aromatic carbocycles. The lowest BCUT2D eigenvalue weighted by molar-refractivity contribution is -0.104. The Morgan fingerprint density at radius 3 is 2.67 bits per heavy atom. The highest BCUT2D eigenvalue weighted by Gasteiger charge is 2.00. The van der Waals surface area contributed by atoms with E-state index in [4.69, 9.17) is 4.74 Å². The van der Waals surface area contributed by atoms with E-state index in [0.717, 1.165) is 29.6 Å². The minimum Gasteiger partial charge on any atom is -0.493 e. The Bertz CT molecular complexity index is 353. The van der Waals surface area contributed by atoms with E-state index in [1.165, 1.54) is 0 Å². The molecule has 0 saturated heterocycles. The van der Waals surface area contributed by atoms with E-state index in [9.17, 15) is 4.79 Å². The number of rotatable bonds is 5. The molecule has 0 aliphatic rings. The Balaban J connectivity index is 3.01. The smallest absolute Gasteiger partial charge is 0.146 e. The van der Waals surface area contributed by atoms with Crippen LogP contribution in [0.2, 0.25) is 0 Å². The first-order valence-electron chi connectivity index (χ1n) is 5.19. The van der Waals surface area contributed by atoms with Crippen molar-refractivity contribution >= 4 is 12.4 Å². The van der Waals surface area contributed by atoms with Gasteiger partial charge in [0.25, 0.3) is 0 Å². The first-order chi connectivity index (χ1) is 7.31. The number of carbonyl (C=O) groups is 1. The molecule has 15 heavy (non-hydrogen) atoms. The van der Waals surface area contributed by atoms with Gasteiger partial charge in [-0.1, -0.05) is 25.1 Å². The number of benzene rings is 1. The Kier molecular flexibility index (Phi) is 4.61. The van der Waals surface area contributed by atoms with Crippen LogP contribution in [0.25, 0.3) is 6.08 Å². The second-order valence-electron chi connectivity index (χ2n) is 3.16. The van der Waals surface area contributed by atoms with E-state index >= 15 is 0 Å². The lowest BCUT2D eigenvalue weighted by Crippen LogP contribution is -1.94. The lowest BCUT2D eigenvalue weighted by Gasteiger charge is -2.06. The van der Waals surface area contributed by atoms with E-state index in [0.29, 0.717) is 6.61 Å². The van der Waals surface area contributed by atoms with Crippen molar-refractivity contribution in [3.05, 3.63) is 35.4 Å². The van der Waals surface area contributed by atoms with E-state index in [2.05, 4.69) is 0 Å². The number of para-hydroxylation sites is 1. The SMILES string of the molecule is CCOc1ccccc1C=C(C=O)CC. The average molecular weight is 204 g/mol. The zero-order chi connectivity index (χ0) is 11.1. The summed E-state index contributed by atoms with van der Waals surface area (Å²) in [6.07, 6.45) is 3.50. The fraction of sp³-hybridized carbons (Fsp3) is 0.308. The topological polar surface area (TPSA) is 26.3 Å². The predicted octanol–water partition coefficient (Wildman–Crippen LogP) is 3.08. The number of ether oxygens (including phenoxy) is 1. The highest BCUT2D eigenvalue weighted by Crippen LogP contribution is 2.21. The molecule has 0 aliphatic carbocycles. The highest BCUT2D eigenvalue weighted by molar-refractivity contribution is 5.82. The number of aldehydes is 1. The molecule has 0 aliphatic heterocycles. The predicted molar refractivity (Wildman–Crippen MR) is 61.9 cm³/mol. The molecule has 2 heteroatoms. The van der Waals surface area contributed by atoms with Crippen molar-refractivity contribution in [2.45, 2.75) is 20.3 Å². The van der Waals surface area contributed by atoms with Crippen molar-refractivity contribution < 1.29 is 9.53 Å². The number of carbonyl (C=O) groups excluding carboxylic acids is 1. The Labute approximate surface area is 90.6 Å². The molecule has 0 radical (unpaired) electrons. The van der Waals surface area contributed by atoms with Crippen molar-refractivity contribution in [3.8, 4) is 5.75 Å². The zero-order valence-corrected chi connectivity index (χ0v) is 9.19. The van der Waals surface area contributed by atoms with Crippen LogP contribution in [0.5, 0.6) is 5.75 Å². The van der Waals surface area contributed by atoms with Crippen LogP contribution in [-0.2, 0) is 4.79 Å². The maximum atomic E-state index is 10.7. The summed E-state index contributed by atoms with van der Waals surface area (Å²) < 4.78 is 5.47. The molecule has 0 saturated carbocycles. The van der Waals surface area contributed by atoms with E-state index < -0.39 is 0 Å². The van der Waals surface area contributed by atoms with Gasteiger partial charge in [0.2, 0.25) is 0 Å². The van der Waals surface area contributed by atoms with Gasteiger partial charge in [-0.3, -0.25) is 4.79 Å². The molecule has 0 aromatic heterocycles. The van der Waals surface area contributed by atoms with Gasteiger partial charge in [0.1, 0.15) is 12.0 Å². The summed E-state index contributed by atoms with van der Waals surface area (Å²) in [6, 6.07) is 7.72. The molecular weight excluding hydrogens is 188 g/mol. The molecule has 0 spiro atoms. The molecule has 0 atom stereocenters. The van der Waals surface area contributed by atoms with E-state index in [1.54, 1.807) is 0 Å². The summed E-state index contributed by atoms with van der Waals surface area (Å²) in [5, 5.41) is 0. The molecule has 0 unspecified atom stereocenters. The second kappa shape index (κ2) is 6.02. The summed E-state index contributed by atoms with van der Waals surface area (Å²) in [7, 11) is 0. The molecule has 0 amide bonds. The number of hydrogen-bond donors (Lipinski definition) is 0. The highest BCUT2D eigenvalue weighted by atomic mass is 16.5. The summed E-state index contributed by atoms with van der Waals surface area (Å²) in [4.78, 5) is 10.7. The maximum absolute atomic E-state index is 10.7. The minimum atomic E-state index is 0.632. The molecule has 2 nitrogen and oxygen atoms in total. The fourth-order valence-corrected chi connectivity index (χ4v) is 1.31.